The Bertz CT molecular complexity index is 970. The molecule has 0 aliphatic rings. The lowest BCUT2D eigenvalue weighted by atomic mass is 10.1. The summed E-state index contributed by atoms with van der Waals surface area (Å²) < 4.78 is 17.1. The van der Waals surface area contributed by atoms with Crippen LogP contribution < -0.4 is 14.8 Å². The molecule has 0 aliphatic carbocycles. The topological polar surface area (TPSA) is 56.8 Å². The van der Waals surface area contributed by atoms with Gasteiger partial charge in [0.05, 0.1) is 19.4 Å². The zero-order valence-electron chi connectivity index (χ0n) is 17.6. The van der Waals surface area contributed by atoms with Gasteiger partial charge in [0.1, 0.15) is 11.5 Å². The fraction of sp³-hybridized carbons (Fsp3) is 0.240. The van der Waals surface area contributed by atoms with Crippen LogP contribution in [0.15, 0.2) is 72.8 Å². The number of amides is 1. The Morgan fingerprint density at radius 2 is 1.67 bits per heavy atom. The summed E-state index contributed by atoms with van der Waals surface area (Å²) in [6.07, 6.45) is 0. The Morgan fingerprint density at radius 3 is 2.40 bits per heavy atom. The zero-order chi connectivity index (χ0) is 21.3. The van der Waals surface area contributed by atoms with Gasteiger partial charge in [0.2, 0.25) is 0 Å². The highest BCUT2D eigenvalue weighted by Crippen LogP contribution is 2.30. The Morgan fingerprint density at radius 1 is 0.933 bits per heavy atom. The Labute approximate surface area is 177 Å². The Balaban J connectivity index is 1.76. The van der Waals surface area contributed by atoms with Gasteiger partial charge in [-0.05, 0) is 48.4 Å². The molecule has 3 aromatic carbocycles. The zero-order valence-corrected chi connectivity index (χ0v) is 17.6. The van der Waals surface area contributed by atoms with Crippen molar-refractivity contribution in [2.24, 2.45) is 5.92 Å². The normalized spacial score (nSPS) is 10.7. The van der Waals surface area contributed by atoms with Crippen molar-refractivity contribution < 1.29 is 19.0 Å². The van der Waals surface area contributed by atoms with Gasteiger partial charge in [-0.2, -0.15) is 0 Å². The van der Waals surface area contributed by atoms with Gasteiger partial charge in [-0.1, -0.05) is 44.2 Å². The third-order valence-electron chi connectivity index (χ3n) is 4.36. The molecule has 0 heterocycles. The molecular formula is C25H27NO4. The largest absolute Gasteiger partial charge is 0.496 e. The number of para-hydroxylation sites is 3. The molecule has 0 saturated heterocycles. The molecule has 3 aromatic rings. The van der Waals surface area contributed by atoms with Gasteiger partial charge in [-0.15, -0.1) is 0 Å². The fourth-order valence-corrected chi connectivity index (χ4v) is 2.91. The van der Waals surface area contributed by atoms with Gasteiger partial charge in [0, 0.05) is 17.7 Å². The molecule has 1 amide bonds. The molecule has 0 fully saturated rings. The SMILES string of the molecule is COc1ccc(C(=O)Nc2ccccc2Oc2ccccc2)cc1COCC(C)C. The minimum atomic E-state index is -0.230. The van der Waals surface area contributed by atoms with E-state index in [0.717, 1.165) is 5.56 Å². The van der Waals surface area contributed by atoms with E-state index in [-0.39, 0.29) is 5.91 Å². The standard InChI is InChI=1S/C25H27NO4/c1-18(2)16-29-17-20-15-19(13-14-23(20)28-3)25(27)26-22-11-7-8-12-24(22)30-21-9-5-4-6-10-21/h4-15,18H,16-17H2,1-3H3,(H,26,27). The van der Waals surface area contributed by atoms with E-state index in [1.807, 2.05) is 54.6 Å². The smallest absolute Gasteiger partial charge is 0.255 e. The lowest BCUT2D eigenvalue weighted by Crippen LogP contribution is -2.13. The number of hydrogen-bond donors (Lipinski definition) is 1. The number of carbonyl (C=O) groups excluding carboxylic acids is 1. The van der Waals surface area contributed by atoms with E-state index in [9.17, 15) is 4.79 Å². The average Bonchev–Trinajstić information content (AvgIpc) is 2.75. The summed E-state index contributed by atoms with van der Waals surface area (Å²) in [5.74, 6) is 2.18. The summed E-state index contributed by atoms with van der Waals surface area (Å²) in [4.78, 5) is 12.9. The molecule has 5 nitrogen and oxygen atoms in total. The molecule has 0 unspecified atom stereocenters. The van der Waals surface area contributed by atoms with Gasteiger partial charge in [-0.25, -0.2) is 0 Å². The van der Waals surface area contributed by atoms with Crippen molar-refractivity contribution in [3.8, 4) is 17.2 Å². The van der Waals surface area contributed by atoms with E-state index in [1.54, 1.807) is 25.3 Å². The van der Waals surface area contributed by atoms with Crippen molar-refractivity contribution in [2.75, 3.05) is 19.0 Å². The lowest BCUT2D eigenvalue weighted by Gasteiger charge is -2.14. The maximum absolute atomic E-state index is 12.9. The van der Waals surface area contributed by atoms with Crippen molar-refractivity contribution in [1.82, 2.24) is 0 Å². The second-order valence-corrected chi connectivity index (χ2v) is 7.30. The number of anilines is 1. The van der Waals surface area contributed by atoms with Crippen LogP contribution in [-0.2, 0) is 11.3 Å². The van der Waals surface area contributed by atoms with Crippen LogP contribution in [-0.4, -0.2) is 19.6 Å². The molecule has 1 N–H and O–H groups in total. The fourth-order valence-electron chi connectivity index (χ4n) is 2.91. The van der Waals surface area contributed by atoms with Crippen LogP contribution >= 0.6 is 0 Å². The Hall–Kier alpha value is -3.31. The van der Waals surface area contributed by atoms with Crippen LogP contribution in [0.25, 0.3) is 0 Å². The number of benzene rings is 3. The van der Waals surface area contributed by atoms with Gasteiger partial charge >= 0.3 is 0 Å². The highest BCUT2D eigenvalue weighted by molar-refractivity contribution is 6.05. The number of nitrogens with one attached hydrogen (secondary N) is 1. The molecule has 3 rings (SSSR count). The second kappa shape index (κ2) is 10.5. The highest BCUT2D eigenvalue weighted by Gasteiger charge is 2.13. The third-order valence-corrected chi connectivity index (χ3v) is 4.36. The third kappa shape index (κ3) is 5.84. The molecule has 0 bridgehead atoms. The maximum Gasteiger partial charge on any atom is 0.255 e. The first kappa shape index (κ1) is 21.4. The summed E-state index contributed by atoms with van der Waals surface area (Å²) in [7, 11) is 1.61. The van der Waals surface area contributed by atoms with Gasteiger partial charge in [0.15, 0.2) is 5.75 Å². The van der Waals surface area contributed by atoms with Crippen molar-refractivity contribution >= 4 is 11.6 Å². The first-order valence-electron chi connectivity index (χ1n) is 9.94. The highest BCUT2D eigenvalue weighted by atomic mass is 16.5. The molecule has 30 heavy (non-hydrogen) atoms. The number of carbonyl (C=O) groups is 1. The quantitative estimate of drug-likeness (QED) is 0.481. The summed E-state index contributed by atoms with van der Waals surface area (Å²) in [6, 6.07) is 22.1. The van der Waals surface area contributed by atoms with E-state index in [2.05, 4.69) is 19.2 Å². The molecule has 0 aliphatic heterocycles. The van der Waals surface area contributed by atoms with Crippen LogP contribution in [0.4, 0.5) is 5.69 Å². The Kier molecular flexibility index (Phi) is 7.46. The molecule has 0 saturated carbocycles. The van der Waals surface area contributed by atoms with Gasteiger partial charge < -0.3 is 19.5 Å². The van der Waals surface area contributed by atoms with Crippen molar-refractivity contribution in [3.05, 3.63) is 83.9 Å². The number of hydrogen-bond acceptors (Lipinski definition) is 4. The lowest BCUT2D eigenvalue weighted by molar-refractivity contribution is 0.0952. The molecular weight excluding hydrogens is 378 g/mol. The van der Waals surface area contributed by atoms with Crippen LogP contribution in [0.5, 0.6) is 17.2 Å². The second-order valence-electron chi connectivity index (χ2n) is 7.30. The average molecular weight is 405 g/mol. The van der Waals surface area contributed by atoms with E-state index >= 15 is 0 Å². The summed E-state index contributed by atoms with van der Waals surface area (Å²) in [6.45, 7) is 5.21. The van der Waals surface area contributed by atoms with E-state index in [4.69, 9.17) is 14.2 Å². The molecule has 0 atom stereocenters. The van der Waals surface area contributed by atoms with Crippen molar-refractivity contribution in [1.29, 1.82) is 0 Å². The molecule has 5 heteroatoms. The summed E-state index contributed by atoms with van der Waals surface area (Å²) in [5, 5.41) is 2.94. The van der Waals surface area contributed by atoms with E-state index < -0.39 is 0 Å². The summed E-state index contributed by atoms with van der Waals surface area (Å²) in [5.41, 5.74) is 1.95. The molecule has 156 valence electrons. The van der Waals surface area contributed by atoms with Crippen LogP contribution in [0.1, 0.15) is 29.8 Å². The van der Waals surface area contributed by atoms with Crippen molar-refractivity contribution in [3.63, 3.8) is 0 Å². The van der Waals surface area contributed by atoms with Gasteiger partial charge in [0.25, 0.3) is 5.91 Å². The number of rotatable bonds is 9. The van der Waals surface area contributed by atoms with E-state index in [0.29, 0.717) is 47.6 Å². The predicted octanol–water partition coefficient (Wildman–Crippen LogP) is 5.91. The van der Waals surface area contributed by atoms with E-state index in [1.165, 1.54) is 0 Å². The van der Waals surface area contributed by atoms with Crippen LogP contribution in [0.2, 0.25) is 0 Å². The number of ether oxygens (including phenoxy) is 3. The minimum absolute atomic E-state index is 0.230. The van der Waals surface area contributed by atoms with Crippen molar-refractivity contribution in [2.45, 2.75) is 20.5 Å². The van der Waals surface area contributed by atoms with Crippen LogP contribution in [0.3, 0.4) is 0 Å². The van der Waals surface area contributed by atoms with Gasteiger partial charge in [-0.3, -0.25) is 4.79 Å². The number of methoxy groups -OCH3 is 1. The minimum Gasteiger partial charge on any atom is -0.496 e. The first-order valence-corrected chi connectivity index (χ1v) is 9.94. The molecule has 0 spiro atoms. The van der Waals surface area contributed by atoms with Crippen LogP contribution in [0, 0.1) is 5.92 Å². The molecule has 0 radical (unpaired) electrons. The monoisotopic (exact) mass is 405 g/mol. The summed E-state index contributed by atoms with van der Waals surface area (Å²) >= 11 is 0. The predicted molar refractivity (Wildman–Crippen MR) is 118 cm³/mol. The molecule has 0 aromatic heterocycles. The first-order chi connectivity index (χ1) is 14.6. The maximum atomic E-state index is 12.9.